The van der Waals surface area contributed by atoms with E-state index in [1.54, 1.807) is 6.92 Å². The summed E-state index contributed by atoms with van der Waals surface area (Å²) < 4.78 is 4.99. The van der Waals surface area contributed by atoms with Crippen LogP contribution in [0.4, 0.5) is 11.4 Å². The summed E-state index contributed by atoms with van der Waals surface area (Å²) in [6, 6.07) is 2.89. The van der Waals surface area contributed by atoms with Crippen molar-refractivity contribution < 1.29 is 28.8 Å². The Morgan fingerprint density at radius 3 is 2.40 bits per heavy atom. The number of non-ortho nitro benzene ring substituents is 1. The van der Waals surface area contributed by atoms with Crippen LogP contribution in [0, 0.1) is 28.9 Å². The van der Waals surface area contributed by atoms with Gasteiger partial charge < -0.3 is 10.1 Å². The van der Waals surface area contributed by atoms with Crippen LogP contribution in [0.2, 0.25) is 0 Å². The van der Waals surface area contributed by atoms with E-state index in [1.165, 1.54) is 25.1 Å². The summed E-state index contributed by atoms with van der Waals surface area (Å²) in [4.78, 5) is 60.9. The number of rotatable bonds is 6. The third kappa shape index (κ3) is 4.17. The van der Waals surface area contributed by atoms with Crippen molar-refractivity contribution >= 4 is 35.1 Å². The summed E-state index contributed by atoms with van der Waals surface area (Å²) in [6.45, 7) is 2.42. The van der Waals surface area contributed by atoms with Crippen LogP contribution in [0.5, 0.6) is 0 Å². The largest absolute Gasteiger partial charge is 0.454 e. The van der Waals surface area contributed by atoms with Gasteiger partial charge >= 0.3 is 5.97 Å². The fraction of sp³-hybridized carbons (Fsp3) is 0.500. The minimum atomic E-state index is -1.12. The molecule has 1 heterocycles. The van der Waals surface area contributed by atoms with Crippen LogP contribution in [-0.2, 0) is 23.9 Å². The number of amides is 3. The van der Waals surface area contributed by atoms with Gasteiger partial charge in [0.05, 0.1) is 22.4 Å². The van der Waals surface area contributed by atoms with Gasteiger partial charge in [0.25, 0.3) is 11.6 Å². The molecule has 2 fully saturated rings. The number of nitro benzene ring substituents is 1. The molecule has 1 aromatic rings. The molecule has 160 valence electrons. The smallest absolute Gasteiger partial charge is 0.329 e. The van der Waals surface area contributed by atoms with Gasteiger partial charge in [-0.15, -0.1) is 0 Å². The van der Waals surface area contributed by atoms with Crippen LogP contribution >= 0.6 is 0 Å². The summed E-state index contributed by atoms with van der Waals surface area (Å²) in [6.07, 6.45) is 3.03. The van der Waals surface area contributed by atoms with Gasteiger partial charge in [-0.1, -0.05) is 18.9 Å². The van der Waals surface area contributed by atoms with E-state index in [0.717, 1.165) is 17.7 Å². The Labute approximate surface area is 172 Å². The number of carbonyl (C=O) groups excluding carboxylic acids is 4. The molecule has 1 saturated carbocycles. The Morgan fingerprint density at radius 1 is 1.23 bits per heavy atom. The quantitative estimate of drug-likeness (QED) is 0.323. The lowest BCUT2D eigenvalue weighted by Gasteiger charge is -2.21. The van der Waals surface area contributed by atoms with Crippen molar-refractivity contribution in [3.05, 3.63) is 33.9 Å². The maximum Gasteiger partial charge on any atom is 0.329 e. The molecule has 0 bridgehead atoms. The first-order valence-electron chi connectivity index (χ1n) is 9.79. The first-order valence-corrected chi connectivity index (χ1v) is 9.79. The van der Waals surface area contributed by atoms with Gasteiger partial charge in [0, 0.05) is 12.1 Å². The number of nitrogens with one attached hydrogen (secondary N) is 1. The van der Waals surface area contributed by atoms with Crippen molar-refractivity contribution in [2.24, 2.45) is 11.8 Å². The van der Waals surface area contributed by atoms with Crippen molar-refractivity contribution in [3.63, 3.8) is 0 Å². The van der Waals surface area contributed by atoms with E-state index in [2.05, 4.69) is 5.32 Å². The Kier molecular flexibility index (Phi) is 6.14. The number of aryl methyl sites for hydroxylation is 1. The predicted octanol–water partition coefficient (Wildman–Crippen LogP) is 1.95. The molecular formula is C20H23N3O7. The first kappa shape index (κ1) is 21.4. The highest BCUT2D eigenvalue weighted by Crippen LogP contribution is 2.38. The highest BCUT2D eigenvalue weighted by molar-refractivity contribution is 6.08. The van der Waals surface area contributed by atoms with Crippen LogP contribution in [0.25, 0.3) is 0 Å². The highest BCUT2D eigenvalue weighted by Gasteiger charge is 2.51. The number of hydrogen-bond donors (Lipinski definition) is 1. The molecule has 3 amide bonds. The van der Waals surface area contributed by atoms with Gasteiger partial charge in [-0.25, -0.2) is 4.79 Å². The van der Waals surface area contributed by atoms with Gasteiger partial charge in [-0.2, -0.15) is 0 Å². The van der Waals surface area contributed by atoms with Crippen molar-refractivity contribution in [1.29, 1.82) is 0 Å². The zero-order valence-electron chi connectivity index (χ0n) is 16.8. The van der Waals surface area contributed by atoms with Crippen molar-refractivity contribution in [2.45, 2.75) is 45.6 Å². The molecule has 2 aliphatic rings. The fourth-order valence-corrected chi connectivity index (χ4v) is 3.98. The summed E-state index contributed by atoms with van der Waals surface area (Å²) in [5.74, 6) is -3.01. The number of anilines is 1. The third-order valence-electron chi connectivity index (χ3n) is 5.66. The molecule has 1 aliphatic heterocycles. The number of likely N-dealkylation sites (tertiary alicyclic amines) is 1. The molecule has 0 unspecified atom stereocenters. The molecule has 10 nitrogen and oxygen atoms in total. The summed E-state index contributed by atoms with van der Waals surface area (Å²) >= 11 is 0. The molecule has 3 rings (SSSR count). The minimum Gasteiger partial charge on any atom is -0.454 e. The molecule has 0 radical (unpaired) electrons. The van der Waals surface area contributed by atoms with Crippen molar-refractivity contribution in [3.8, 4) is 0 Å². The standard InChI is InChI=1S/C20H23N3O7/c1-11-7-8-13(23(28)29)9-16(11)21-17(24)10-30-20(27)12(2)22-18(25)14-5-3-4-6-15(14)19(22)26/h7-9,12,14-15H,3-6,10H2,1-2H3,(H,21,24)/t12-,14+,15+/m0/s1. The molecule has 1 aromatic carbocycles. The van der Waals surface area contributed by atoms with Gasteiger partial charge in [0.15, 0.2) is 6.61 Å². The number of hydrogen-bond acceptors (Lipinski definition) is 7. The van der Waals surface area contributed by atoms with E-state index < -0.39 is 29.4 Å². The van der Waals surface area contributed by atoms with E-state index in [0.29, 0.717) is 18.4 Å². The molecule has 1 N–H and O–H groups in total. The molecule has 0 spiro atoms. The fourth-order valence-electron chi connectivity index (χ4n) is 3.98. The molecule has 30 heavy (non-hydrogen) atoms. The first-order chi connectivity index (χ1) is 14.2. The van der Waals surface area contributed by atoms with Crippen LogP contribution in [0.3, 0.4) is 0 Å². The Bertz CT molecular complexity index is 890. The number of imide groups is 1. The van der Waals surface area contributed by atoms with E-state index in [9.17, 15) is 29.3 Å². The summed E-state index contributed by atoms with van der Waals surface area (Å²) in [7, 11) is 0. The molecule has 1 aliphatic carbocycles. The zero-order valence-corrected chi connectivity index (χ0v) is 16.8. The lowest BCUT2D eigenvalue weighted by atomic mass is 9.81. The lowest BCUT2D eigenvalue weighted by molar-refractivity contribution is -0.384. The Hall–Kier alpha value is -3.30. The lowest BCUT2D eigenvalue weighted by Crippen LogP contribution is -2.45. The van der Waals surface area contributed by atoms with Crippen LogP contribution in [0.1, 0.15) is 38.2 Å². The van der Waals surface area contributed by atoms with E-state index in [4.69, 9.17) is 4.74 Å². The SMILES string of the molecule is Cc1ccc([N+](=O)[O-])cc1NC(=O)COC(=O)[C@H](C)N1C(=O)[C@@H]2CCCC[C@H]2C1=O. The molecule has 10 heteroatoms. The average Bonchev–Trinajstić information content (AvgIpc) is 2.97. The molecule has 0 aromatic heterocycles. The normalized spacial score (nSPS) is 21.7. The van der Waals surface area contributed by atoms with Crippen molar-refractivity contribution in [2.75, 3.05) is 11.9 Å². The van der Waals surface area contributed by atoms with Crippen molar-refractivity contribution in [1.82, 2.24) is 4.90 Å². The second kappa shape index (κ2) is 8.60. The number of carbonyl (C=O) groups is 4. The van der Waals surface area contributed by atoms with Gasteiger partial charge in [-0.3, -0.25) is 29.4 Å². The van der Waals surface area contributed by atoms with Crippen LogP contribution in [-0.4, -0.2) is 46.2 Å². The summed E-state index contributed by atoms with van der Waals surface area (Å²) in [5.41, 5.74) is 0.644. The molecular weight excluding hydrogens is 394 g/mol. The second-order valence-corrected chi connectivity index (χ2v) is 7.63. The van der Waals surface area contributed by atoms with Gasteiger partial charge in [0.2, 0.25) is 11.8 Å². The molecule has 3 atom stereocenters. The average molecular weight is 417 g/mol. The van der Waals surface area contributed by atoms with Gasteiger partial charge in [0.1, 0.15) is 6.04 Å². The maximum atomic E-state index is 12.6. The van der Waals surface area contributed by atoms with E-state index in [-0.39, 0.29) is 35.0 Å². The molecule has 1 saturated heterocycles. The predicted molar refractivity (Wildman–Crippen MR) is 104 cm³/mol. The number of nitrogens with zero attached hydrogens (tertiary/aromatic N) is 2. The topological polar surface area (TPSA) is 136 Å². The number of nitro groups is 1. The highest BCUT2D eigenvalue weighted by atomic mass is 16.6. The number of esters is 1. The Balaban J connectivity index is 1.58. The number of benzene rings is 1. The number of ether oxygens (including phenoxy) is 1. The van der Waals surface area contributed by atoms with E-state index in [1.807, 2.05) is 0 Å². The summed E-state index contributed by atoms with van der Waals surface area (Å²) in [5, 5.41) is 13.3. The second-order valence-electron chi connectivity index (χ2n) is 7.63. The zero-order chi connectivity index (χ0) is 22.0. The third-order valence-corrected chi connectivity index (χ3v) is 5.66. The monoisotopic (exact) mass is 417 g/mol. The number of fused-ring (bicyclic) bond motifs is 1. The van der Waals surface area contributed by atoms with E-state index >= 15 is 0 Å². The Morgan fingerprint density at radius 2 is 1.83 bits per heavy atom. The maximum absolute atomic E-state index is 12.6. The minimum absolute atomic E-state index is 0.186. The van der Waals surface area contributed by atoms with Crippen LogP contribution < -0.4 is 5.32 Å². The van der Waals surface area contributed by atoms with Gasteiger partial charge in [-0.05, 0) is 32.3 Å². The van der Waals surface area contributed by atoms with Crippen LogP contribution in [0.15, 0.2) is 18.2 Å².